The van der Waals surface area contributed by atoms with Crippen molar-refractivity contribution < 1.29 is 196 Å². The quantitative estimate of drug-likeness (QED) is 0.0201. The Balaban J connectivity index is 0.000000526. The van der Waals surface area contributed by atoms with Gasteiger partial charge in [-0.25, -0.2) is 0 Å². The summed E-state index contributed by atoms with van der Waals surface area (Å²) in [6.45, 7) is 10.6. The van der Waals surface area contributed by atoms with Crippen molar-refractivity contribution in [2.75, 3.05) is 114 Å². The Bertz CT molecular complexity index is 3110. The van der Waals surface area contributed by atoms with Crippen molar-refractivity contribution in [3.8, 4) is 12.0 Å². The van der Waals surface area contributed by atoms with Crippen LogP contribution < -0.4 is 93.3 Å². The van der Waals surface area contributed by atoms with Gasteiger partial charge in [-0.1, -0.05) is 20.2 Å². The minimum Gasteiger partial charge on any atom is -1.00 e. The molecule has 109 heavy (non-hydrogen) atoms. The SMILES string of the molecule is CNCCCNC(=O)CCN1C(=O)C=CC1=O.CO[C@@H]1C(C(=O)NCCCNC(=O)CCN2C(=O)C=CC2=O)O[C@@H](O[C@@H]2C(NC(C)=O)[C@H](C)OC(CO)[C@H]2O)C(O)[C@H]1O.CO[C@@H]1C(C(=O)[O-])O[C@@H](O[C@@H]2C(NC(C)=O)[C@H](C)OC(CO)[C@H]2O)C(O)[C@H]1O.COc1nc(OC)nc([NH+]2CCOCC2)n1.[2H]C([3H])CC.[Cl-].[Na+]. The van der Waals surface area contributed by atoms with E-state index in [-0.39, 0.29) is 111 Å². The Morgan fingerprint density at radius 2 is 1.00 bits per heavy atom. The predicted molar refractivity (Wildman–Crippen MR) is 361 cm³/mol. The van der Waals surface area contributed by atoms with E-state index in [4.69, 9.17) is 54.8 Å². The van der Waals surface area contributed by atoms with Crippen molar-refractivity contribution in [3.63, 3.8) is 0 Å². The van der Waals surface area contributed by atoms with Crippen LogP contribution >= 0.6 is 0 Å². The first-order valence-electron chi connectivity index (χ1n) is 35.6. The number of nitrogens with zero attached hydrogens (tertiary/aromatic N) is 5. The third-order valence-electron chi connectivity index (χ3n) is 16.9. The van der Waals surface area contributed by atoms with Gasteiger partial charge in [0.25, 0.3) is 29.5 Å². The number of aliphatic carboxylic acids is 1. The average molecular weight is 1600 g/mol. The molecule has 42 nitrogen and oxygen atoms in total. The number of rotatable bonds is 29. The van der Waals surface area contributed by atoms with Gasteiger partial charge in [0, 0.05) is 101 Å². The molecule has 0 bridgehead atoms. The van der Waals surface area contributed by atoms with Crippen molar-refractivity contribution in [2.45, 2.75) is 196 Å². The van der Waals surface area contributed by atoms with Crippen LogP contribution in [0.2, 0.25) is 0 Å². The standard InChI is InChI=1S/C26H40N4O13.C16H27NO11.C11H17N3O3.C9H14N4O3.C3H8.ClH.Na/c1-12-18(29-13(2)32)22(19(36)14(11-31)41-12)42-26-21(38)20(37)23(40-3)24(43-26)25(39)28-9-4-8-27-15(33)7-10-30-16(34)5-6-17(30)35;1-5-8(17-6(2)19)12(9(20)7(4-18)26-5)27-16-11(22)10(21)13(25-3)14(28-16)15(23)24;1-12-6-2-7-13-9(15)5-8-14-10(16)3-4-11(14)17;1-14-8-10-7(11-9(12-8)15-2)13-3-5-16-6-4-13;1-3-2;;/h5-6,12,14,18-24,26,31,36-38H,4,7-11H2,1-3H3,(H,27,33)(H,28,39)(H,29,32);5,7-14,16,18,20-22H,4H2,1-3H3,(H,17,19)(H,23,24);3-4,12H,2,5-8H2,1H3,(H,13,15);3-6H2,1-2H3;3H2,1-2H3;1H;/q;;;;;;+1/p-1/t12-,14?,18?,19+,20+,21?,22+,23-,24?,26+;5-,7?,8?,9+,10+,11?,12+,13-,14?,16+;;;;;/m00...../s1/i;;;;1TD;;. The Morgan fingerprint density at radius 3 is 1.36 bits per heavy atom. The maximum Gasteiger partial charge on any atom is 1.00 e. The summed E-state index contributed by atoms with van der Waals surface area (Å²) in [7, 11) is 7.23. The molecule has 8 rings (SSSR count). The van der Waals surface area contributed by atoms with Crippen LogP contribution in [-0.4, -0.2) is 361 Å². The third kappa shape index (κ3) is 30.0. The summed E-state index contributed by atoms with van der Waals surface area (Å²) in [5.41, 5.74) is 0. The van der Waals surface area contributed by atoms with Gasteiger partial charge in [0.05, 0.1) is 70.9 Å². The monoisotopic (exact) mass is 1600 g/mol. The largest absolute Gasteiger partial charge is 1.00 e. The van der Waals surface area contributed by atoms with E-state index in [2.05, 4.69) is 46.9 Å². The summed E-state index contributed by atoms with van der Waals surface area (Å²) in [5, 5.41) is 109. The van der Waals surface area contributed by atoms with Gasteiger partial charge >= 0.3 is 47.5 Å². The third-order valence-corrected chi connectivity index (χ3v) is 16.9. The summed E-state index contributed by atoms with van der Waals surface area (Å²) in [5.74, 6) is -4.89. The molecule has 5 fully saturated rings. The first-order chi connectivity index (χ1) is 51.7. The first kappa shape index (κ1) is 95.1. The van der Waals surface area contributed by atoms with E-state index in [1.165, 1.54) is 47.3 Å². The number of morpholine rings is 1. The molecule has 5 saturated heterocycles. The minimum absolute atomic E-state index is 0. The number of hydrogen-bond acceptors (Lipinski definition) is 34. The van der Waals surface area contributed by atoms with E-state index in [0.717, 1.165) is 60.0 Å². The van der Waals surface area contributed by atoms with Crippen LogP contribution in [0.15, 0.2) is 24.3 Å². The van der Waals surface area contributed by atoms with Crippen molar-refractivity contribution in [1.82, 2.24) is 56.7 Å². The Labute approximate surface area is 660 Å². The molecule has 8 heterocycles. The molecule has 44 heteroatoms. The van der Waals surface area contributed by atoms with Gasteiger partial charge in [0.15, 0.2) is 18.7 Å². The van der Waals surface area contributed by atoms with Gasteiger partial charge in [-0.05, 0) is 40.3 Å². The first-order valence-corrected chi connectivity index (χ1v) is 34.4. The molecule has 1 aromatic rings. The molecule has 7 aliphatic rings. The summed E-state index contributed by atoms with van der Waals surface area (Å²) in [6, 6.07) is -1.29. The second-order valence-corrected chi connectivity index (χ2v) is 24.7. The molecular weight excluding hydrogens is 1490 g/mol. The Morgan fingerprint density at radius 1 is 0.615 bits per heavy atom. The number of aliphatic hydroxyl groups is 8. The molecule has 7 aliphatic heterocycles. The number of aromatic nitrogens is 3. The number of amides is 9. The van der Waals surface area contributed by atoms with Crippen LogP contribution in [-0.2, 0) is 90.6 Å². The number of quaternary nitrogens is 1. The van der Waals surface area contributed by atoms with Gasteiger partial charge in [-0.2, -0.15) is 0 Å². The van der Waals surface area contributed by atoms with Gasteiger partial charge in [0.2, 0.25) is 23.6 Å². The normalized spacial score (nSPS) is 30.3. The van der Waals surface area contributed by atoms with Crippen molar-refractivity contribution in [2.24, 2.45) is 0 Å². The van der Waals surface area contributed by atoms with Crippen molar-refractivity contribution in [1.29, 1.82) is 0 Å². The smallest absolute Gasteiger partial charge is 1.00 e. The van der Waals surface area contributed by atoms with E-state index in [9.17, 15) is 93.9 Å². The minimum atomic E-state index is -1.75. The molecule has 0 saturated carbocycles. The maximum absolute atomic E-state index is 13.0. The number of hydrogen-bond donors (Lipinski definition) is 15. The van der Waals surface area contributed by atoms with E-state index >= 15 is 0 Å². The number of imide groups is 2. The van der Waals surface area contributed by atoms with Crippen LogP contribution in [0.5, 0.6) is 12.0 Å². The molecule has 0 spiro atoms. The molecule has 9 amide bonds. The van der Waals surface area contributed by atoms with Crippen LogP contribution in [0.1, 0.15) is 76.3 Å². The number of aliphatic hydroxyl groups excluding tert-OH is 8. The van der Waals surface area contributed by atoms with Gasteiger partial charge in [-0.3, -0.25) is 57.9 Å². The van der Waals surface area contributed by atoms with Crippen LogP contribution in [0.3, 0.4) is 0 Å². The van der Waals surface area contributed by atoms with Crippen LogP contribution in [0, 0.1) is 0 Å². The number of halogens is 1. The predicted octanol–water partition coefficient (Wildman–Crippen LogP) is -16.5. The maximum atomic E-state index is 13.0. The van der Waals surface area contributed by atoms with Crippen LogP contribution in [0.25, 0.3) is 0 Å². The van der Waals surface area contributed by atoms with E-state index in [1.54, 1.807) is 13.8 Å². The molecule has 0 aromatic carbocycles. The second kappa shape index (κ2) is 50.7. The zero-order valence-electron chi connectivity index (χ0n) is 64.6. The molecule has 0 aliphatic carbocycles. The molecule has 9 unspecified atom stereocenters. The Hall–Kier alpha value is -6.28. The number of carbonyl (C=O) groups excluding carboxylic acids is 10. The fourth-order valence-corrected chi connectivity index (χ4v) is 11.4. The van der Waals surface area contributed by atoms with E-state index in [1.807, 2.05) is 14.0 Å². The van der Waals surface area contributed by atoms with Gasteiger partial charge in [-0.15, -0.1) is 15.0 Å². The zero-order chi connectivity index (χ0) is 81.4. The Kier molecular flexibility index (Phi) is 44.2. The average Bonchev–Trinajstić information content (AvgIpc) is 1.41. The summed E-state index contributed by atoms with van der Waals surface area (Å²) < 4.78 is 71.7. The molecule has 0 radical (unpaired) electrons. The van der Waals surface area contributed by atoms with Crippen LogP contribution in [0.4, 0.5) is 5.95 Å². The molecule has 1 aromatic heterocycles. The summed E-state index contributed by atoms with van der Waals surface area (Å²) >= 11 is 0. The fraction of sp³-hybridized carbons (Fsp3) is 0.738. The summed E-state index contributed by atoms with van der Waals surface area (Å²) in [6.07, 6.45) is -18.5. The molecule has 15 N–H and O–H groups in total. The molecule has 21 atom stereocenters. The second-order valence-electron chi connectivity index (χ2n) is 24.7. The number of methoxy groups -OCH3 is 4. The van der Waals surface area contributed by atoms with Crippen molar-refractivity contribution >= 4 is 65.1 Å². The zero-order valence-corrected chi connectivity index (χ0v) is 65.4. The number of carboxylic acids is 1. The van der Waals surface area contributed by atoms with E-state index < -0.39 is 184 Å². The van der Waals surface area contributed by atoms with Crippen molar-refractivity contribution in [3.05, 3.63) is 24.3 Å². The fourth-order valence-electron chi connectivity index (χ4n) is 11.4. The topological polar surface area (TPSA) is 579 Å². The molecule has 614 valence electrons. The summed E-state index contributed by atoms with van der Waals surface area (Å²) in [4.78, 5) is 132. The van der Waals surface area contributed by atoms with E-state index in [0.29, 0.717) is 38.5 Å². The number of carboxylic acid groups (broad SMARTS) is 1. The van der Waals surface area contributed by atoms with Gasteiger partial charge in [0.1, 0.15) is 92.4 Å². The number of nitrogens with one attached hydrogen (secondary N) is 7. The number of ether oxygens (including phenoxy) is 11. The molecular formula is C65H106ClN12NaO30. The number of carbonyl (C=O) groups is 10. The van der Waals surface area contributed by atoms with Gasteiger partial charge < -0.3 is 147 Å².